The van der Waals surface area contributed by atoms with Crippen LogP contribution in [0.1, 0.15) is 5.69 Å². The van der Waals surface area contributed by atoms with E-state index in [2.05, 4.69) is 14.2 Å². The van der Waals surface area contributed by atoms with Crippen LogP contribution in [-0.2, 0) is 10.1 Å². The maximum absolute atomic E-state index is 12.3. The van der Waals surface area contributed by atoms with E-state index in [1.165, 1.54) is 12.3 Å². The zero-order valence-electron chi connectivity index (χ0n) is 9.88. The summed E-state index contributed by atoms with van der Waals surface area (Å²) in [4.78, 5) is 7.85. The van der Waals surface area contributed by atoms with Gasteiger partial charge in [-0.15, -0.1) is 11.3 Å². The molecule has 2 heterocycles. The average Bonchev–Trinajstić information content (AvgIpc) is 2.74. The molecule has 108 valence electrons. The van der Waals surface area contributed by atoms with Crippen LogP contribution in [0.5, 0.6) is 5.75 Å². The smallest absolute Gasteiger partial charge is 0.374 e. The Balaban J connectivity index is 2.45. The lowest BCUT2D eigenvalue weighted by Gasteiger charge is -2.10. The fraction of sp³-hybridized carbons (Fsp3) is 0.200. The van der Waals surface area contributed by atoms with Crippen molar-refractivity contribution in [2.75, 3.05) is 0 Å². The third kappa shape index (κ3) is 2.90. The van der Waals surface area contributed by atoms with E-state index in [0.29, 0.717) is 5.69 Å². The Bertz CT molecular complexity index is 725. The molecule has 0 saturated heterocycles. The van der Waals surface area contributed by atoms with Gasteiger partial charge in [-0.1, -0.05) is 0 Å². The zero-order chi connectivity index (χ0) is 15.0. The predicted molar refractivity (Wildman–Crippen MR) is 65.7 cm³/mol. The van der Waals surface area contributed by atoms with Gasteiger partial charge in [0.2, 0.25) is 0 Å². The predicted octanol–water partition coefficient (Wildman–Crippen LogP) is 2.74. The number of hydrogen-bond donors (Lipinski definition) is 0. The number of rotatable bonds is 3. The first-order chi connectivity index (χ1) is 9.21. The monoisotopic (exact) mass is 324 g/mol. The van der Waals surface area contributed by atoms with Crippen LogP contribution in [-0.4, -0.2) is 23.9 Å². The van der Waals surface area contributed by atoms with Crippen molar-refractivity contribution in [3.8, 4) is 16.5 Å². The third-order valence-electron chi connectivity index (χ3n) is 2.08. The third-order valence-corrected chi connectivity index (χ3v) is 4.01. The van der Waals surface area contributed by atoms with Crippen LogP contribution >= 0.6 is 11.3 Å². The standard InChI is InChI=1S/C10H7F3N2O3S2/c1-6-5-19-9(15-6)8-7(3-2-4-14-8)18-20(16,17)10(11,12)13/h2-5H,1H3. The summed E-state index contributed by atoms with van der Waals surface area (Å²) < 4.78 is 63.1. The normalized spacial score (nSPS) is 12.4. The Morgan fingerprint density at radius 1 is 1.35 bits per heavy atom. The van der Waals surface area contributed by atoms with Gasteiger partial charge in [-0.3, -0.25) is 0 Å². The van der Waals surface area contributed by atoms with Crippen LogP contribution in [0.2, 0.25) is 0 Å². The van der Waals surface area contributed by atoms with Gasteiger partial charge >= 0.3 is 15.6 Å². The van der Waals surface area contributed by atoms with Gasteiger partial charge in [0.05, 0.1) is 0 Å². The van der Waals surface area contributed by atoms with Gasteiger partial charge in [-0.2, -0.15) is 21.6 Å². The van der Waals surface area contributed by atoms with Crippen molar-refractivity contribution in [2.24, 2.45) is 0 Å². The lowest BCUT2D eigenvalue weighted by Crippen LogP contribution is -2.28. The largest absolute Gasteiger partial charge is 0.534 e. The fourth-order valence-corrected chi connectivity index (χ4v) is 2.51. The molecule has 0 amide bonds. The Morgan fingerprint density at radius 2 is 2.05 bits per heavy atom. The Kier molecular flexibility index (Phi) is 3.69. The highest BCUT2D eigenvalue weighted by Crippen LogP contribution is 2.33. The molecule has 0 atom stereocenters. The van der Waals surface area contributed by atoms with E-state index in [0.717, 1.165) is 17.4 Å². The zero-order valence-corrected chi connectivity index (χ0v) is 11.5. The number of alkyl halides is 3. The molecule has 0 bridgehead atoms. The molecular weight excluding hydrogens is 317 g/mol. The van der Waals surface area contributed by atoms with Crippen molar-refractivity contribution in [2.45, 2.75) is 12.4 Å². The second-order valence-electron chi connectivity index (χ2n) is 3.63. The molecule has 10 heteroatoms. The van der Waals surface area contributed by atoms with Crippen molar-refractivity contribution >= 4 is 21.5 Å². The van der Waals surface area contributed by atoms with Gasteiger partial charge in [-0.25, -0.2) is 9.97 Å². The lowest BCUT2D eigenvalue weighted by atomic mass is 10.3. The second kappa shape index (κ2) is 5.02. The molecule has 5 nitrogen and oxygen atoms in total. The summed E-state index contributed by atoms with van der Waals surface area (Å²) in [6, 6.07) is 2.35. The molecule has 2 aromatic rings. The Labute approximate surface area is 116 Å². The van der Waals surface area contributed by atoms with Crippen molar-refractivity contribution in [3.05, 3.63) is 29.4 Å². The highest BCUT2D eigenvalue weighted by atomic mass is 32.2. The van der Waals surface area contributed by atoms with Crippen molar-refractivity contribution in [1.82, 2.24) is 9.97 Å². The molecule has 0 aliphatic rings. The topological polar surface area (TPSA) is 69.2 Å². The summed E-state index contributed by atoms with van der Waals surface area (Å²) in [5, 5.41) is 1.93. The van der Waals surface area contributed by atoms with Gasteiger partial charge in [0.25, 0.3) is 0 Å². The SMILES string of the molecule is Cc1csc(-c2ncccc2OS(=O)(=O)C(F)(F)F)n1. The maximum atomic E-state index is 12.3. The Morgan fingerprint density at radius 3 is 2.60 bits per heavy atom. The molecule has 0 N–H and O–H groups in total. The molecule has 0 unspecified atom stereocenters. The summed E-state index contributed by atoms with van der Waals surface area (Å²) >= 11 is 1.12. The molecule has 0 saturated carbocycles. The van der Waals surface area contributed by atoms with Crippen LogP contribution in [0.25, 0.3) is 10.7 Å². The minimum absolute atomic E-state index is 0.0570. The summed E-state index contributed by atoms with van der Waals surface area (Å²) in [6.07, 6.45) is 1.30. The van der Waals surface area contributed by atoms with Crippen molar-refractivity contribution < 1.29 is 25.8 Å². The van der Waals surface area contributed by atoms with Crippen molar-refractivity contribution in [3.63, 3.8) is 0 Å². The number of thiazole rings is 1. The lowest BCUT2D eigenvalue weighted by molar-refractivity contribution is -0.0499. The first-order valence-corrected chi connectivity index (χ1v) is 7.38. The minimum Gasteiger partial charge on any atom is -0.374 e. The van der Waals surface area contributed by atoms with E-state index in [4.69, 9.17) is 0 Å². The van der Waals surface area contributed by atoms with E-state index in [1.54, 1.807) is 12.3 Å². The van der Waals surface area contributed by atoms with Gasteiger partial charge in [0.1, 0.15) is 10.7 Å². The first kappa shape index (κ1) is 14.7. The van der Waals surface area contributed by atoms with E-state index < -0.39 is 21.4 Å². The van der Waals surface area contributed by atoms with Crippen LogP contribution in [0.15, 0.2) is 23.7 Å². The summed E-state index contributed by atoms with van der Waals surface area (Å²) in [7, 11) is -5.74. The molecule has 20 heavy (non-hydrogen) atoms. The van der Waals surface area contributed by atoms with Crippen LogP contribution in [0, 0.1) is 6.92 Å². The summed E-state index contributed by atoms with van der Waals surface area (Å²) in [6.45, 7) is 1.69. The number of halogens is 3. The quantitative estimate of drug-likeness (QED) is 0.641. The van der Waals surface area contributed by atoms with E-state index in [-0.39, 0.29) is 10.7 Å². The maximum Gasteiger partial charge on any atom is 0.534 e. The van der Waals surface area contributed by atoms with Crippen LogP contribution in [0.3, 0.4) is 0 Å². The van der Waals surface area contributed by atoms with Crippen molar-refractivity contribution in [1.29, 1.82) is 0 Å². The fourth-order valence-electron chi connectivity index (χ4n) is 1.25. The highest BCUT2D eigenvalue weighted by Gasteiger charge is 2.49. The second-order valence-corrected chi connectivity index (χ2v) is 6.02. The number of hydrogen-bond acceptors (Lipinski definition) is 6. The van der Waals surface area contributed by atoms with Crippen LogP contribution < -0.4 is 4.18 Å². The van der Waals surface area contributed by atoms with Crippen LogP contribution in [0.4, 0.5) is 13.2 Å². The molecule has 0 radical (unpaired) electrons. The highest BCUT2D eigenvalue weighted by molar-refractivity contribution is 7.88. The minimum atomic E-state index is -5.74. The molecule has 0 aliphatic carbocycles. The molecule has 2 aromatic heterocycles. The first-order valence-electron chi connectivity index (χ1n) is 5.09. The molecule has 0 aliphatic heterocycles. The molecular formula is C10H7F3N2O3S2. The average molecular weight is 324 g/mol. The molecule has 2 rings (SSSR count). The van der Waals surface area contributed by atoms with Gasteiger partial charge in [-0.05, 0) is 19.1 Å². The van der Waals surface area contributed by atoms with E-state index in [9.17, 15) is 21.6 Å². The number of nitrogens with zero attached hydrogens (tertiary/aromatic N) is 2. The number of aromatic nitrogens is 2. The Hall–Kier alpha value is -1.68. The van der Waals surface area contributed by atoms with Gasteiger partial charge in [0, 0.05) is 17.3 Å². The number of aryl methyl sites for hydroxylation is 1. The number of pyridine rings is 1. The van der Waals surface area contributed by atoms with Gasteiger partial charge in [0.15, 0.2) is 5.75 Å². The molecule has 0 fully saturated rings. The summed E-state index contributed by atoms with van der Waals surface area (Å²) in [5.41, 5.74) is -4.92. The molecule has 0 spiro atoms. The summed E-state index contributed by atoms with van der Waals surface area (Å²) in [5.74, 6) is -0.515. The molecule has 0 aromatic carbocycles. The van der Waals surface area contributed by atoms with Gasteiger partial charge < -0.3 is 4.18 Å². The van der Waals surface area contributed by atoms with E-state index >= 15 is 0 Å². The van der Waals surface area contributed by atoms with E-state index in [1.807, 2.05) is 0 Å².